The second-order valence-corrected chi connectivity index (χ2v) is 8.51. The van der Waals surface area contributed by atoms with E-state index in [4.69, 9.17) is 21.3 Å². The smallest absolute Gasteiger partial charge is 0.248 e. The van der Waals surface area contributed by atoms with E-state index in [2.05, 4.69) is 12.1 Å². The van der Waals surface area contributed by atoms with Crippen molar-refractivity contribution >= 4 is 11.6 Å². The predicted molar refractivity (Wildman–Crippen MR) is 108 cm³/mol. The Labute approximate surface area is 168 Å². The Balaban J connectivity index is 1.65. The van der Waals surface area contributed by atoms with Crippen LogP contribution in [-0.4, -0.2) is 24.0 Å². The molecule has 0 aromatic heterocycles. The first-order valence-corrected chi connectivity index (χ1v) is 9.89. The van der Waals surface area contributed by atoms with E-state index in [-0.39, 0.29) is 18.8 Å². The maximum absolute atomic E-state index is 14.0. The number of aliphatic imine (C=N–C) groups is 1. The molecule has 2 aromatic carbocycles. The van der Waals surface area contributed by atoms with Crippen molar-refractivity contribution in [2.24, 2.45) is 16.1 Å². The lowest BCUT2D eigenvalue weighted by molar-refractivity contribution is -0.238. The van der Waals surface area contributed by atoms with Crippen molar-refractivity contribution in [3.63, 3.8) is 0 Å². The lowest BCUT2D eigenvalue weighted by Gasteiger charge is -2.45. The van der Waals surface area contributed by atoms with Crippen molar-refractivity contribution in [1.29, 1.82) is 0 Å². The van der Waals surface area contributed by atoms with Gasteiger partial charge < -0.3 is 11.5 Å². The summed E-state index contributed by atoms with van der Waals surface area (Å²) in [7, 11) is 1.71. The van der Waals surface area contributed by atoms with Crippen molar-refractivity contribution < 1.29 is 13.6 Å². The van der Waals surface area contributed by atoms with Gasteiger partial charge in [-0.25, -0.2) is 23.7 Å². The second kappa shape index (κ2) is 5.92. The minimum Gasteiger partial charge on any atom is -0.399 e. The molecule has 2 aromatic rings. The van der Waals surface area contributed by atoms with E-state index in [9.17, 15) is 8.78 Å². The van der Waals surface area contributed by atoms with Gasteiger partial charge in [-0.2, -0.15) is 0 Å². The highest BCUT2D eigenvalue weighted by molar-refractivity contribution is 5.79. The molecule has 1 unspecified atom stereocenters. The number of nitrogens with two attached hydrogens (primary N) is 2. The monoisotopic (exact) mass is 398 g/mol. The van der Waals surface area contributed by atoms with Gasteiger partial charge >= 0.3 is 0 Å². The van der Waals surface area contributed by atoms with Crippen molar-refractivity contribution in [1.82, 2.24) is 5.06 Å². The fraction of sp³-hybridized carbons (Fsp3) is 0.409. The number of fused-ring (bicyclic) bond motifs is 3. The Morgan fingerprint density at radius 2 is 1.72 bits per heavy atom. The minimum atomic E-state index is -2.63. The molecule has 1 saturated carbocycles. The number of halogens is 2. The number of benzene rings is 2. The molecule has 152 valence electrons. The fourth-order valence-electron chi connectivity index (χ4n) is 5.15. The first kappa shape index (κ1) is 18.4. The predicted octanol–water partition coefficient (Wildman–Crippen LogP) is 4.03. The number of alkyl halides is 2. The van der Waals surface area contributed by atoms with Crippen LogP contribution >= 0.6 is 0 Å². The van der Waals surface area contributed by atoms with E-state index in [0.29, 0.717) is 24.9 Å². The summed E-state index contributed by atoms with van der Waals surface area (Å²) in [6.07, 6.45) is 1.01. The largest absolute Gasteiger partial charge is 0.399 e. The SMILES string of the molecule is CN1OC2(N=C1N)c1cc(-c3cccc(N)c3)ccc1CC21CCC(F)(F)CC1. The summed E-state index contributed by atoms with van der Waals surface area (Å²) < 4.78 is 28.0. The van der Waals surface area contributed by atoms with Gasteiger partial charge in [0.1, 0.15) is 0 Å². The maximum atomic E-state index is 14.0. The quantitative estimate of drug-likeness (QED) is 0.711. The van der Waals surface area contributed by atoms with Crippen LogP contribution in [0.5, 0.6) is 0 Å². The zero-order valence-electron chi connectivity index (χ0n) is 16.3. The summed E-state index contributed by atoms with van der Waals surface area (Å²) in [4.78, 5) is 11.0. The molecule has 4 N–H and O–H groups in total. The molecule has 2 spiro atoms. The molecule has 0 radical (unpaired) electrons. The second-order valence-electron chi connectivity index (χ2n) is 8.51. The average Bonchev–Trinajstić information content (AvgIpc) is 3.12. The van der Waals surface area contributed by atoms with Crippen molar-refractivity contribution in [3.05, 3.63) is 53.6 Å². The van der Waals surface area contributed by atoms with Gasteiger partial charge in [-0.3, -0.25) is 0 Å². The maximum Gasteiger partial charge on any atom is 0.248 e. The number of rotatable bonds is 1. The summed E-state index contributed by atoms with van der Waals surface area (Å²) in [5, 5.41) is 1.46. The van der Waals surface area contributed by atoms with Crippen molar-refractivity contribution in [2.75, 3.05) is 12.8 Å². The van der Waals surface area contributed by atoms with Crippen LogP contribution in [0.25, 0.3) is 11.1 Å². The Kier molecular flexibility index (Phi) is 3.75. The van der Waals surface area contributed by atoms with Gasteiger partial charge in [-0.15, -0.1) is 0 Å². The van der Waals surface area contributed by atoms with Crippen LogP contribution in [0.15, 0.2) is 47.5 Å². The van der Waals surface area contributed by atoms with Crippen LogP contribution in [-0.2, 0) is 17.0 Å². The van der Waals surface area contributed by atoms with E-state index in [1.54, 1.807) is 7.05 Å². The van der Waals surface area contributed by atoms with Crippen LogP contribution in [0, 0.1) is 5.41 Å². The van der Waals surface area contributed by atoms with Gasteiger partial charge in [0.25, 0.3) is 0 Å². The van der Waals surface area contributed by atoms with Crippen LogP contribution in [0.1, 0.15) is 36.8 Å². The topological polar surface area (TPSA) is 76.9 Å². The molecule has 0 amide bonds. The number of nitrogen functional groups attached to an aromatic ring is 1. The molecule has 29 heavy (non-hydrogen) atoms. The Morgan fingerprint density at radius 3 is 2.38 bits per heavy atom. The lowest BCUT2D eigenvalue weighted by Crippen LogP contribution is -2.47. The number of hydroxylamine groups is 2. The first-order valence-electron chi connectivity index (χ1n) is 9.89. The van der Waals surface area contributed by atoms with Gasteiger partial charge in [0.15, 0.2) is 0 Å². The molecule has 3 aliphatic rings. The van der Waals surface area contributed by atoms with Crippen LogP contribution in [0.2, 0.25) is 0 Å². The first-order chi connectivity index (χ1) is 13.7. The molecule has 1 atom stereocenters. The molecule has 0 saturated heterocycles. The van der Waals surface area contributed by atoms with E-state index in [1.807, 2.05) is 30.3 Å². The van der Waals surface area contributed by atoms with Crippen LogP contribution in [0.4, 0.5) is 14.5 Å². The standard InChI is InChI=1S/C22H24F2N4O/c1-28-19(26)27-22(29-28)18-12-15(14-3-2-4-17(25)11-14)5-6-16(18)13-20(22)7-9-21(23,24)10-8-20/h2-6,11-12H,7-10,13,25H2,1H3,(H2,26,27). The lowest BCUT2D eigenvalue weighted by atomic mass is 9.66. The molecule has 7 heteroatoms. The zero-order valence-corrected chi connectivity index (χ0v) is 16.3. The van der Waals surface area contributed by atoms with E-state index in [0.717, 1.165) is 22.3 Å². The summed E-state index contributed by atoms with van der Waals surface area (Å²) in [6.45, 7) is 0. The third-order valence-corrected chi connectivity index (χ3v) is 6.74. The number of nitrogens with zero attached hydrogens (tertiary/aromatic N) is 2. The summed E-state index contributed by atoms with van der Waals surface area (Å²) in [6, 6.07) is 13.8. The number of hydrogen-bond acceptors (Lipinski definition) is 5. The molecule has 1 aliphatic heterocycles. The Hall–Kier alpha value is -2.67. The highest BCUT2D eigenvalue weighted by Crippen LogP contribution is 2.63. The molecule has 5 rings (SSSR count). The highest BCUT2D eigenvalue weighted by Gasteiger charge is 2.64. The molecular weight excluding hydrogens is 374 g/mol. The number of anilines is 1. The van der Waals surface area contributed by atoms with Crippen molar-refractivity contribution in [3.8, 4) is 11.1 Å². The number of guanidine groups is 1. The molecule has 0 bridgehead atoms. The van der Waals surface area contributed by atoms with Crippen LogP contribution in [0.3, 0.4) is 0 Å². The van der Waals surface area contributed by atoms with Crippen LogP contribution < -0.4 is 11.5 Å². The molecule has 5 nitrogen and oxygen atoms in total. The van der Waals surface area contributed by atoms with Gasteiger partial charge in [0.05, 0.1) is 0 Å². The highest BCUT2D eigenvalue weighted by atomic mass is 19.3. The minimum absolute atomic E-state index is 0.159. The third kappa shape index (κ3) is 2.64. The van der Waals surface area contributed by atoms with Gasteiger partial charge in [0, 0.05) is 36.6 Å². The summed E-state index contributed by atoms with van der Waals surface area (Å²) in [5.41, 5.74) is 15.1. The van der Waals surface area contributed by atoms with E-state index < -0.39 is 17.1 Å². The van der Waals surface area contributed by atoms with Gasteiger partial charge in [-0.1, -0.05) is 24.3 Å². The van der Waals surface area contributed by atoms with E-state index >= 15 is 0 Å². The summed E-state index contributed by atoms with van der Waals surface area (Å²) in [5.74, 6) is -2.36. The van der Waals surface area contributed by atoms with E-state index in [1.165, 1.54) is 5.06 Å². The Bertz CT molecular complexity index is 1010. The normalized spacial score (nSPS) is 26.7. The molecule has 1 heterocycles. The molecule has 2 aliphatic carbocycles. The van der Waals surface area contributed by atoms with Gasteiger partial charge in [0.2, 0.25) is 17.6 Å². The molecule has 1 fully saturated rings. The Morgan fingerprint density at radius 1 is 1.00 bits per heavy atom. The fourth-order valence-corrected chi connectivity index (χ4v) is 5.15. The third-order valence-electron chi connectivity index (χ3n) is 6.74. The number of hydrogen-bond donors (Lipinski definition) is 2. The molecular formula is C22H24F2N4O. The zero-order chi connectivity index (χ0) is 20.4. The van der Waals surface area contributed by atoms with Gasteiger partial charge in [-0.05, 0) is 54.2 Å². The van der Waals surface area contributed by atoms with Crippen molar-refractivity contribution in [2.45, 2.75) is 43.8 Å². The average molecular weight is 398 g/mol. The summed E-state index contributed by atoms with van der Waals surface area (Å²) >= 11 is 0.